The average Bonchev–Trinajstić information content (AvgIpc) is 2.90. The van der Waals surface area contributed by atoms with E-state index in [2.05, 4.69) is 35.8 Å². The normalized spacial score (nSPS) is 10.7. The van der Waals surface area contributed by atoms with Crippen molar-refractivity contribution in [3.05, 3.63) is 125 Å². The number of hydrazone groups is 1. The summed E-state index contributed by atoms with van der Waals surface area (Å²) in [7, 11) is 0. The van der Waals surface area contributed by atoms with E-state index in [1.807, 2.05) is 91.0 Å². The van der Waals surface area contributed by atoms with Gasteiger partial charge >= 0.3 is 0 Å². The van der Waals surface area contributed by atoms with Crippen molar-refractivity contribution in [2.45, 2.75) is 27.1 Å². The topological polar surface area (TPSA) is 54.9 Å². The average molecular weight is 496 g/mol. The van der Waals surface area contributed by atoms with E-state index in [4.69, 9.17) is 21.7 Å². The van der Waals surface area contributed by atoms with Crippen LogP contribution in [0.25, 0.3) is 0 Å². The molecule has 0 spiro atoms. The standard InChI is InChI=1S/C30H29N3O2S/c1-22-10-9-15-27(23(22)2)32-30(36)33-31-19-26-16-17-28(34-20-24-11-5-3-6-12-24)29(18-26)35-21-25-13-7-4-8-14-25/h3-19H,20-21H2,1-2H3,(H2,32,33,36)/b31-19-. The van der Waals surface area contributed by atoms with Gasteiger partial charge in [0.05, 0.1) is 6.21 Å². The van der Waals surface area contributed by atoms with Gasteiger partial charge in [-0.15, -0.1) is 0 Å². The number of benzene rings is 4. The number of thiocarbonyl (C=S) groups is 1. The van der Waals surface area contributed by atoms with Crippen LogP contribution < -0.4 is 20.2 Å². The zero-order valence-electron chi connectivity index (χ0n) is 20.4. The van der Waals surface area contributed by atoms with Crippen LogP contribution >= 0.6 is 12.2 Å². The molecule has 4 aromatic rings. The molecular weight excluding hydrogens is 466 g/mol. The summed E-state index contributed by atoms with van der Waals surface area (Å²) >= 11 is 5.40. The largest absolute Gasteiger partial charge is 0.485 e. The first kappa shape index (κ1) is 24.9. The number of hydrogen-bond acceptors (Lipinski definition) is 4. The van der Waals surface area contributed by atoms with Crippen LogP contribution in [0.2, 0.25) is 0 Å². The highest BCUT2D eigenvalue weighted by Gasteiger charge is 2.08. The van der Waals surface area contributed by atoms with Crippen LogP contribution in [-0.4, -0.2) is 11.3 Å². The molecule has 0 heterocycles. The smallest absolute Gasteiger partial charge is 0.191 e. The third-order valence-corrected chi connectivity index (χ3v) is 5.87. The molecule has 182 valence electrons. The number of nitrogens with zero attached hydrogens (tertiary/aromatic N) is 1. The van der Waals surface area contributed by atoms with E-state index < -0.39 is 0 Å². The molecule has 0 aliphatic rings. The van der Waals surface area contributed by atoms with Gasteiger partial charge < -0.3 is 14.8 Å². The first-order chi connectivity index (χ1) is 17.6. The molecule has 0 aliphatic heterocycles. The van der Waals surface area contributed by atoms with Gasteiger partial charge in [-0.25, -0.2) is 0 Å². The minimum absolute atomic E-state index is 0.420. The predicted octanol–water partition coefficient (Wildman–Crippen LogP) is 6.78. The van der Waals surface area contributed by atoms with Crippen molar-refractivity contribution >= 4 is 29.2 Å². The third-order valence-electron chi connectivity index (χ3n) is 5.67. The second-order valence-electron chi connectivity index (χ2n) is 8.33. The molecule has 0 saturated heterocycles. The van der Waals surface area contributed by atoms with E-state index >= 15 is 0 Å². The molecule has 0 bridgehead atoms. The fraction of sp³-hybridized carbons (Fsp3) is 0.133. The SMILES string of the molecule is Cc1cccc(NC(=S)N/N=C\c2ccc(OCc3ccccc3)c(OCc3ccccc3)c2)c1C. The lowest BCUT2D eigenvalue weighted by Gasteiger charge is -2.14. The Morgan fingerprint density at radius 2 is 1.42 bits per heavy atom. The number of rotatable bonds is 9. The summed E-state index contributed by atoms with van der Waals surface area (Å²) < 4.78 is 12.2. The molecule has 2 N–H and O–H groups in total. The molecule has 0 fully saturated rings. The molecular formula is C30H29N3O2S. The Morgan fingerprint density at radius 3 is 2.08 bits per heavy atom. The first-order valence-electron chi connectivity index (χ1n) is 11.7. The molecule has 0 aliphatic carbocycles. The monoisotopic (exact) mass is 495 g/mol. The highest BCUT2D eigenvalue weighted by Crippen LogP contribution is 2.30. The van der Waals surface area contributed by atoms with Crippen LogP contribution in [0.3, 0.4) is 0 Å². The Kier molecular flexibility index (Phi) is 8.67. The summed E-state index contributed by atoms with van der Waals surface area (Å²) in [5.41, 5.74) is 9.21. The fourth-order valence-electron chi connectivity index (χ4n) is 3.51. The van der Waals surface area contributed by atoms with Gasteiger partial charge in [-0.1, -0.05) is 72.8 Å². The summed E-state index contributed by atoms with van der Waals surface area (Å²) in [4.78, 5) is 0. The number of ether oxygens (including phenoxy) is 2. The van der Waals surface area contributed by atoms with Crippen LogP contribution in [0.4, 0.5) is 5.69 Å². The van der Waals surface area contributed by atoms with Crippen LogP contribution in [0.5, 0.6) is 11.5 Å². The van der Waals surface area contributed by atoms with Gasteiger partial charge in [-0.2, -0.15) is 5.10 Å². The van der Waals surface area contributed by atoms with Crippen molar-refractivity contribution in [2.24, 2.45) is 5.10 Å². The van der Waals surface area contributed by atoms with E-state index in [1.54, 1.807) is 6.21 Å². The lowest BCUT2D eigenvalue weighted by atomic mass is 10.1. The molecule has 0 radical (unpaired) electrons. The molecule has 5 nitrogen and oxygen atoms in total. The van der Waals surface area contributed by atoms with Crippen LogP contribution in [0.1, 0.15) is 27.8 Å². The van der Waals surface area contributed by atoms with Crippen molar-refractivity contribution in [1.29, 1.82) is 0 Å². The third kappa shape index (κ3) is 7.17. The van der Waals surface area contributed by atoms with Crippen molar-refractivity contribution in [2.75, 3.05) is 5.32 Å². The van der Waals surface area contributed by atoms with E-state index in [1.165, 1.54) is 5.56 Å². The van der Waals surface area contributed by atoms with Gasteiger partial charge in [0.1, 0.15) is 13.2 Å². The van der Waals surface area contributed by atoms with Crippen molar-refractivity contribution in [3.8, 4) is 11.5 Å². The summed E-state index contributed by atoms with van der Waals surface area (Å²) in [6.07, 6.45) is 1.70. The van der Waals surface area contributed by atoms with Gasteiger partial charge in [-0.3, -0.25) is 5.43 Å². The van der Waals surface area contributed by atoms with Gasteiger partial charge in [0, 0.05) is 5.69 Å². The zero-order valence-corrected chi connectivity index (χ0v) is 21.2. The lowest BCUT2D eigenvalue weighted by Crippen LogP contribution is -2.24. The molecule has 0 aromatic heterocycles. The second-order valence-corrected chi connectivity index (χ2v) is 8.73. The Labute approximate surface area is 217 Å². The van der Waals surface area contributed by atoms with Crippen LogP contribution in [0, 0.1) is 13.8 Å². The molecule has 4 aromatic carbocycles. The molecule has 0 atom stereocenters. The maximum absolute atomic E-state index is 6.14. The molecule has 0 amide bonds. The molecule has 0 unspecified atom stereocenters. The van der Waals surface area contributed by atoms with Gasteiger partial charge in [0.2, 0.25) is 0 Å². The number of hydrogen-bond donors (Lipinski definition) is 2. The fourth-order valence-corrected chi connectivity index (χ4v) is 3.67. The number of nitrogens with one attached hydrogen (secondary N) is 2. The highest BCUT2D eigenvalue weighted by atomic mass is 32.1. The maximum Gasteiger partial charge on any atom is 0.191 e. The predicted molar refractivity (Wildman–Crippen MR) is 151 cm³/mol. The molecule has 4 rings (SSSR count). The van der Waals surface area contributed by atoms with E-state index in [0.29, 0.717) is 29.8 Å². The summed E-state index contributed by atoms with van der Waals surface area (Å²) in [5.74, 6) is 1.32. The quantitative estimate of drug-likeness (QED) is 0.152. The van der Waals surface area contributed by atoms with Gasteiger partial charge in [0.25, 0.3) is 0 Å². The minimum atomic E-state index is 0.420. The van der Waals surface area contributed by atoms with E-state index in [9.17, 15) is 0 Å². The molecule has 0 saturated carbocycles. The van der Waals surface area contributed by atoms with E-state index in [-0.39, 0.29) is 0 Å². The Bertz CT molecular complexity index is 1320. The Morgan fingerprint density at radius 1 is 0.778 bits per heavy atom. The lowest BCUT2D eigenvalue weighted by molar-refractivity contribution is 0.256. The summed E-state index contributed by atoms with van der Waals surface area (Å²) in [6, 6.07) is 31.9. The Balaban J connectivity index is 1.43. The van der Waals surface area contributed by atoms with Gasteiger partial charge in [0.15, 0.2) is 16.6 Å². The maximum atomic E-state index is 6.14. The number of anilines is 1. The summed E-state index contributed by atoms with van der Waals surface area (Å²) in [5, 5.41) is 7.91. The van der Waals surface area contributed by atoms with Crippen LogP contribution in [-0.2, 0) is 13.2 Å². The molecule has 6 heteroatoms. The minimum Gasteiger partial charge on any atom is -0.485 e. The molecule has 36 heavy (non-hydrogen) atoms. The van der Waals surface area contributed by atoms with Crippen molar-refractivity contribution < 1.29 is 9.47 Å². The second kappa shape index (κ2) is 12.5. The highest BCUT2D eigenvalue weighted by molar-refractivity contribution is 7.80. The van der Waals surface area contributed by atoms with Gasteiger partial charge in [-0.05, 0) is 78.1 Å². The summed E-state index contributed by atoms with van der Waals surface area (Å²) in [6.45, 7) is 5.02. The van der Waals surface area contributed by atoms with E-state index in [0.717, 1.165) is 27.9 Å². The zero-order chi connectivity index (χ0) is 25.2. The van der Waals surface area contributed by atoms with Crippen molar-refractivity contribution in [3.63, 3.8) is 0 Å². The Hall–Kier alpha value is -4.16. The number of aryl methyl sites for hydroxylation is 1. The van der Waals surface area contributed by atoms with Crippen LogP contribution in [0.15, 0.2) is 102 Å². The first-order valence-corrected chi connectivity index (χ1v) is 12.1. The van der Waals surface area contributed by atoms with Crippen molar-refractivity contribution in [1.82, 2.24) is 5.43 Å².